The van der Waals surface area contributed by atoms with E-state index < -0.39 is 0 Å². The molecular weight excluding hydrogens is 320 g/mol. The van der Waals surface area contributed by atoms with E-state index in [2.05, 4.69) is 5.32 Å². The van der Waals surface area contributed by atoms with Crippen molar-refractivity contribution < 1.29 is 19.1 Å². The molecule has 1 aromatic carbocycles. The number of morpholine rings is 1. The SMILES string of the molecule is O=C1CCc2cc(OCC(=O)N3CCO[C@H]4CCCC[C@@H]43)ccc2N1. The lowest BCUT2D eigenvalue weighted by molar-refractivity contribution is -0.151. The van der Waals surface area contributed by atoms with Crippen LogP contribution in [0.5, 0.6) is 5.75 Å². The van der Waals surface area contributed by atoms with E-state index in [4.69, 9.17) is 9.47 Å². The standard InChI is InChI=1S/C19H24N2O4/c22-18-8-5-13-11-14(6-7-15(13)20-18)25-12-19(23)21-9-10-24-17-4-2-1-3-16(17)21/h6-7,11,16-17H,1-5,8-10,12H2,(H,20,22)/t16-,17-/m0/s1. The lowest BCUT2D eigenvalue weighted by Crippen LogP contribution is -2.55. The average Bonchev–Trinajstić information content (AvgIpc) is 2.65. The van der Waals surface area contributed by atoms with Crippen LogP contribution in [0.1, 0.15) is 37.7 Å². The molecule has 2 fully saturated rings. The van der Waals surface area contributed by atoms with Crippen LogP contribution in [-0.2, 0) is 20.7 Å². The van der Waals surface area contributed by atoms with Crippen LogP contribution in [0, 0.1) is 0 Å². The number of anilines is 1. The molecule has 6 heteroatoms. The van der Waals surface area contributed by atoms with Crippen LogP contribution in [0.2, 0.25) is 0 Å². The molecule has 0 bridgehead atoms. The van der Waals surface area contributed by atoms with Crippen molar-refractivity contribution in [2.75, 3.05) is 25.1 Å². The van der Waals surface area contributed by atoms with Crippen molar-refractivity contribution in [3.8, 4) is 5.75 Å². The Kier molecular flexibility index (Phi) is 4.61. The first-order valence-corrected chi connectivity index (χ1v) is 9.17. The number of nitrogens with one attached hydrogen (secondary N) is 1. The van der Waals surface area contributed by atoms with Crippen molar-refractivity contribution in [1.29, 1.82) is 0 Å². The van der Waals surface area contributed by atoms with Crippen molar-refractivity contribution in [3.05, 3.63) is 23.8 Å². The van der Waals surface area contributed by atoms with E-state index >= 15 is 0 Å². The Morgan fingerprint density at radius 2 is 2.16 bits per heavy atom. The minimum atomic E-state index is 0.0335. The Morgan fingerprint density at radius 1 is 1.28 bits per heavy atom. The fourth-order valence-corrected chi connectivity index (χ4v) is 4.08. The molecule has 0 aromatic heterocycles. The van der Waals surface area contributed by atoms with Gasteiger partial charge < -0.3 is 19.7 Å². The molecule has 1 N–H and O–H groups in total. The number of amides is 2. The molecule has 2 atom stereocenters. The van der Waals surface area contributed by atoms with Crippen LogP contribution < -0.4 is 10.1 Å². The molecule has 3 aliphatic rings. The maximum Gasteiger partial charge on any atom is 0.260 e. The van der Waals surface area contributed by atoms with Crippen LogP contribution in [0.25, 0.3) is 0 Å². The minimum Gasteiger partial charge on any atom is -0.484 e. The number of rotatable bonds is 3. The number of fused-ring (bicyclic) bond motifs is 2. The third-order valence-corrected chi connectivity index (χ3v) is 5.39. The smallest absolute Gasteiger partial charge is 0.260 e. The van der Waals surface area contributed by atoms with E-state index in [1.54, 1.807) is 6.07 Å². The Balaban J connectivity index is 1.37. The molecule has 2 amide bonds. The molecule has 4 rings (SSSR count). The van der Waals surface area contributed by atoms with Crippen LogP contribution in [0.15, 0.2) is 18.2 Å². The topological polar surface area (TPSA) is 67.9 Å². The summed E-state index contributed by atoms with van der Waals surface area (Å²) < 4.78 is 11.6. The monoisotopic (exact) mass is 344 g/mol. The van der Waals surface area contributed by atoms with Crippen molar-refractivity contribution in [2.24, 2.45) is 0 Å². The Labute approximate surface area is 147 Å². The van der Waals surface area contributed by atoms with E-state index in [1.807, 2.05) is 17.0 Å². The quantitative estimate of drug-likeness (QED) is 0.912. The van der Waals surface area contributed by atoms with Crippen molar-refractivity contribution in [1.82, 2.24) is 4.90 Å². The van der Waals surface area contributed by atoms with Crippen molar-refractivity contribution >= 4 is 17.5 Å². The summed E-state index contributed by atoms with van der Waals surface area (Å²) in [7, 11) is 0. The van der Waals surface area contributed by atoms with Gasteiger partial charge >= 0.3 is 0 Å². The summed E-state index contributed by atoms with van der Waals surface area (Å²) in [6.45, 7) is 1.32. The number of carbonyl (C=O) groups is 2. The van der Waals surface area contributed by atoms with Gasteiger partial charge in [-0.1, -0.05) is 12.8 Å². The number of aryl methyl sites for hydroxylation is 1. The highest BCUT2D eigenvalue weighted by atomic mass is 16.5. The number of benzene rings is 1. The summed E-state index contributed by atoms with van der Waals surface area (Å²) in [5.41, 5.74) is 1.90. The molecule has 0 unspecified atom stereocenters. The summed E-state index contributed by atoms with van der Waals surface area (Å²) >= 11 is 0. The van der Waals surface area contributed by atoms with Gasteiger partial charge in [0.2, 0.25) is 5.91 Å². The zero-order valence-electron chi connectivity index (χ0n) is 14.3. The molecule has 0 radical (unpaired) electrons. The molecule has 1 aliphatic carbocycles. The van der Waals surface area contributed by atoms with Crippen molar-refractivity contribution in [2.45, 2.75) is 50.7 Å². The van der Waals surface area contributed by atoms with Gasteiger partial charge in [0.1, 0.15) is 5.75 Å². The number of hydrogen-bond donors (Lipinski definition) is 1. The van der Waals surface area contributed by atoms with Gasteiger partial charge in [-0.2, -0.15) is 0 Å². The van der Waals surface area contributed by atoms with Crippen LogP contribution in [-0.4, -0.2) is 48.6 Å². The number of hydrogen-bond acceptors (Lipinski definition) is 4. The van der Waals surface area contributed by atoms with Crippen LogP contribution in [0.4, 0.5) is 5.69 Å². The molecular formula is C19H24N2O4. The minimum absolute atomic E-state index is 0.0335. The van der Waals surface area contributed by atoms with Crippen molar-refractivity contribution in [3.63, 3.8) is 0 Å². The zero-order chi connectivity index (χ0) is 17.2. The Morgan fingerprint density at radius 3 is 3.08 bits per heavy atom. The molecule has 134 valence electrons. The molecule has 1 aromatic rings. The third kappa shape index (κ3) is 3.49. The van der Waals surface area contributed by atoms with Gasteiger partial charge in [-0.15, -0.1) is 0 Å². The molecule has 25 heavy (non-hydrogen) atoms. The van der Waals surface area contributed by atoms with E-state index in [-0.39, 0.29) is 30.6 Å². The molecule has 0 spiro atoms. The molecule has 2 aliphatic heterocycles. The highest BCUT2D eigenvalue weighted by Crippen LogP contribution is 2.29. The molecule has 6 nitrogen and oxygen atoms in total. The van der Waals surface area contributed by atoms with Crippen LogP contribution >= 0.6 is 0 Å². The first-order valence-electron chi connectivity index (χ1n) is 9.17. The maximum atomic E-state index is 12.6. The van der Waals surface area contributed by atoms with Gasteiger partial charge in [-0.05, 0) is 43.0 Å². The predicted molar refractivity (Wildman–Crippen MR) is 92.6 cm³/mol. The number of ether oxygens (including phenoxy) is 2. The van der Waals surface area contributed by atoms with E-state index in [0.29, 0.717) is 31.7 Å². The van der Waals surface area contributed by atoms with Gasteiger partial charge in [0, 0.05) is 18.7 Å². The summed E-state index contributed by atoms with van der Waals surface area (Å²) in [6.07, 6.45) is 5.81. The van der Waals surface area contributed by atoms with Crippen LogP contribution in [0.3, 0.4) is 0 Å². The largest absolute Gasteiger partial charge is 0.484 e. The van der Waals surface area contributed by atoms with Gasteiger partial charge in [0.25, 0.3) is 5.91 Å². The fraction of sp³-hybridized carbons (Fsp3) is 0.579. The second-order valence-electron chi connectivity index (χ2n) is 7.00. The summed E-state index contributed by atoms with van der Waals surface area (Å²) in [4.78, 5) is 26.0. The fourth-order valence-electron chi connectivity index (χ4n) is 4.08. The summed E-state index contributed by atoms with van der Waals surface area (Å²) in [6, 6.07) is 5.78. The van der Waals surface area contributed by atoms with E-state index in [1.165, 1.54) is 6.42 Å². The summed E-state index contributed by atoms with van der Waals surface area (Å²) in [5, 5.41) is 2.85. The second-order valence-corrected chi connectivity index (χ2v) is 7.00. The molecule has 2 heterocycles. The van der Waals surface area contributed by atoms with E-state index in [9.17, 15) is 9.59 Å². The highest BCUT2D eigenvalue weighted by molar-refractivity contribution is 5.94. The molecule has 1 saturated heterocycles. The van der Waals surface area contributed by atoms with Gasteiger partial charge in [0.15, 0.2) is 6.61 Å². The lowest BCUT2D eigenvalue weighted by atomic mass is 9.90. The van der Waals surface area contributed by atoms with E-state index in [0.717, 1.165) is 30.5 Å². The number of carbonyl (C=O) groups excluding carboxylic acids is 2. The normalized spacial score (nSPS) is 25.6. The lowest BCUT2D eigenvalue weighted by Gasteiger charge is -2.43. The average molecular weight is 344 g/mol. The first kappa shape index (κ1) is 16.4. The Hall–Kier alpha value is -2.08. The Bertz CT molecular complexity index is 673. The third-order valence-electron chi connectivity index (χ3n) is 5.39. The second kappa shape index (κ2) is 7.04. The highest BCUT2D eigenvalue weighted by Gasteiger charge is 2.36. The first-order chi connectivity index (χ1) is 12.2. The van der Waals surface area contributed by atoms with Gasteiger partial charge in [0.05, 0.1) is 18.8 Å². The predicted octanol–water partition coefficient (Wildman–Crippen LogP) is 2.12. The molecule has 1 saturated carbocycles. The van der Waals surface area contributed by atoms with Gasteiger partial charge in [-0.25, -0.2) is 0 Å². The maximum absolute atomic E-state index is 12.6. The zero-order valence-corrected chi connectivity index (χ0v) is 14.3. The summed E-state index contributed by atoms with van der Waals surface area (Å²) in [5.74, 6) is 0.758. The van der Waals surface area contributed by atoms with Gasteiger partial charge in [-0.3, -0.25) is 9.59 Å². The number of nitrogens with zero attached hydrogens (tertiary/aromatic N) is 1.